The number of aryl methyl sites for hydroxylation is 2. The number of benzene rings is 2. The molecular weight excluding hydrogens is 260 g/mol. The van der Waals surface area contributed by atoms with Crippen molar-refractivity contribution >= 4 is 11.9 Å². The van der Waals surface area contributed by atoms with E-state index in [2.05, 4.69) is 31.2 Å². The van der Waals surface area contributed by atoms with Crippen LogP contribution in [0.4, 0.5) is 0 Å². The van der Waals surface area contributed by atoms with E-state index >= 15 is 0 Å². The van der Waals surface area contributed by atoms with Gasteiger partial charge in [-0.2, -0.15) is 0 Å². The van der Waals surface area contributed by atoms with Crippen molar-refractivity contribution in [1.29, 1.82) is 0 Å². The molecule has 3 rings (SSSR count). The number of hydrogen-bond donors (Lipinski definition) is 0. The number of hydrogen-bond acceptors (Lipinski definition) is 2. The number of ketones is 1. The number of fused-ring (bicyclic) bond motifs is 1. The summed E-state index contributed by atoms with van der Waals surface area (Å²) in [4.78, 5) is 12.6. The first-order valence-electron chi connectivity index (χ1n) is 7.16. The van der Waals surface area contributed by atoms with Crippen LogP contribution in [0.3, 0.4) is 0 Å². The van der Waals surface area contributed by atoms with Crippen molar-refractivity contribution in [2.24, 2.45) is 0 Å². The summed E-state index contributed by atoms with van der Waals surface area (Å²) in [5.41, 5.74) is 5.07. The van der Waals surface area contributed by atoms with Gasteiger partial charge in [0.1, 0.15) is 5.75 Å². The normalized spacial score (nSPS) is 15.9. The molecule has 0 N–H and O–H groups in total. The van der Waals surface area contributed by atoms with Gasteiger partial charge in [-0.15, -0.1) is 0 Å². The molecule has 0 radical (unpaired) electrons. The number of Topliss-reactive ketones (excluding diaryl/α,β-unsaturated/α-hetero) is 1. The molecule has 1 aliphatic rings. The quantitative estimate of drug-likeness (QED) is 0.769. The highest BCUT2D eigenvalue weighted by Gasteiger charge is 2.22. The average Bonchev–Trinajstić information content (AvgIpc) is 2.52. The van der Waals surface area contributed by atoms with Gasteiger partial charge < -0.3 is 4.74 Å². The highest BCUT2D eigenvalue weighted by molar-refractivity contribution is 6.13. The van der Waals surface area contributed by atoms with Crippen molar-refractivity contribution in [2.45, 2.75) is 19.8 Å². The predicted octanol–water partition coefficient (Wildman–Crippen LogP) is 4.22. The van der Waals surface area contributed by atoms with Crippen LogP contribution in [0, 0.1) is 6.92 Å². The maximum atomic E-state index is 12.6. The van der Waals surface area contributed by atoms with E-state index in [9.17, 15) is 4.79 Å². The lowest BCUT2D eigenvalue weighted by molar-refractivity contribution is 0.102. The van der Waals surface area contributed by atoms with E-state index < -0.39 is 0 Å². The van der Waals surface area contributed by atoms with Crippen molar-refractivity contribution in [1.82, 2.24) is 0 Å². The summed E-state index contributed by atoms with van der Waals surface area (Å²) < 4.78 is 5.22. The fraction of sp³-hybridized carbons (Fsp3) is 0.211. The van der Waals surface area contributed by atoms with Gasteiger partial charge in [0.25, 0.3) is 0 Å². The number of carbonyl (C=O) groups excluding carboxylic acids is 1. The van der Waals surface area contributed by atoms with E-state index in [1.54, 1.807) is 7.11 Å². The van der Waals surface area contributed by atoms with Gasteiger partial charge in [0, 0.05) is 11.1 Å². The van der Waals surface area contributed by atoms with Gasteiger partial charge in [-0.1, -0.05) is 35.9 Å². The van der Waals surface area contributed by atoms with Crippen LogP contribution >= 0.6 is 0 Å². The Balaban J connectivity index is 1.96. The van der Waals surface area contributed by atoms with Gasteiger partial charge in [-0.25, -0.2) is 0 Å². The van der Waals surface area contributed by atoms with Gasteiger partial charge in [0.15, 0.2) is 5.78 Å². The average molecular weight is 278 g/mol. The Morgan fingerprint density at radius 2 is 1.81 bits per heavy atom. The molecule has 2 aromatic rings. The van der Waals surface area contributed by atoms with Gasteiger partial charge in [0.05, 0.1) is 7.11 Å². The summed E-state index contributed by atoms with van der Waals surface area (Å²) in [6, 6.07) is 14.0. The lowest BCUT2D eigenvalue weighted by Gasteiger charge is -2.18. The second-order valence-electron chi connectivity index (χ2n) is 5.43. The first kappa shape index (κ1) is 13.6. The molecule has 0 saturated carbocycles. The van der Waals surface area contributed by atoms with Crippen molar-refractivity contribution in [3.05, 3.63) is 70.3 Å². The SMILES string of the molecule is COc1ccc2c(c1)C(=O)C(=Cc1ccc(C)cc1)CC2. The van der Waals surface area contributed by atoms with E-state index in [0.717, 1.165) is 40.9 Å². The van der Waals surface area contributed by atoms with Crippen molar-refractivity contribution < 1.29 is 9.53 Å². The molecule has 1 aliphatic carbocycles. The first-order chi connectivity index (χ1) is 10.2. The Morgan fingerprint density at radius 3 is 2.52 bits per heavy atom. The second kappa shape index (κ2) is 5.57. The van der Waals surface area contributed by atoms with Crippen LogP contribution in [0.25, 0.3) is 6.08 Å². The molecule has 0 spiro atoms. The number of ether oxygens (including phenoxy) is 1. The fourth-order valence-electron chi connectivity index (χ4n) is 2.67. The van der Waals surface area contributed by atoms with E-state index in [0.29, 0.717) is 0 Å². The molecule has 0 fully saturated rings. The van der Waals surface area contributed by atoms with Crippen LogP contribution in [-0.4, -0.2) is 12.9 Å². The van der Waals surface area contributed by atoms with Crippen LogP contribution < -0.4 is 4.74 Å². The summed E-state index contributed by atoms with van der Waals surface area (Å²) >= 11 is 0. The Hall–Kier alpha value is -2.35. The van der Waals surface area contributed by atoms with Crippen LogP contribution in [0.1, 0.15) is 33.5 Å². The van der Waals surface area contributed by atoms with E-state index in [1.165, 1.54) is 5.56 Å². The number of allylic oxidation sites excluding steroid dienone is 1. The third-order valence-electron chi connectivity index (χ3n) is 3.94. The molecule has 2 heteroatoms. The molecule has 0 amide bonds. The Morgan fingerprint density at radius 1 is 1.05 bits per heavy atom. The number of carbonyl (C=O) groups is 1. The summed E-state index contributed by atoms with van der Waals surface area (Å²) in [5.74, 6) is 0.856. The minimum Gasteiger partial charge on any atom is -0.497 e. The smallest absolute Gasteiger partial charge is 0.189 e. The predicted molar refractivity (Wildman–Crippen MR) is 84.8 cm³/mol. The highest BCUT2D eigenvalue weighted by atomic mass is 16.5. The third-order valence-corrected chi connectivity index (χ3v) is 3.94. The Bertz CT molecular complexity index is 709. The molecule has 0 bridgehead atoms. The summed E-state index contributed by atoms with van der Waals surface area (Å²) in [6.45, 7) is 2.06. The van der Waals surface area contributed by atoms with Crippen LogP contribution in [0.15, 0.2) is 48.0 Å². The van der Waals surface area contributed by atoms with Gasteiger partial charge in [-0.05, 0) is 49.1 Å². The first-order valence-corrected chi connectivity index (χ1v) is 7.16. The van der Waals surface area contributed by atoms with E-state index in [-0.39, 0.29) is 5.78 Å². The summed E-state index contributed by atoms with van der Waals surface area (Å²) in [5, 5.41) is 0. The highest BCUT2D eigenvalue weighted by Crippen LogP contribution is 2.29. The minimum absolute atomic E-state index is 0.121. The standard InChI is InChI=1S/C19H18O2/c1-13-3-5-14(6-4-13)11-16-8-7-15-9-10-17(21-2)12-18(15)19(16)20/h3-6,9-12H,7-8H2,1-2H3. The molecule has 0 saturated heterocycles. The number of methoxy groups -OCH3 is 1. The zero-order chi connectivity index (χ0) is 14.8. The lowest BCUT2D eigenvalue weighted by atomic mass is 9.86. The molecule has 2 nitrogen and oxygen atoms in total. The van der Waals surface area contributed by atoms with Gasteiger partial charge >= 0.3 is 0 Å². The van der Waals surface area contributed by atoms with Crippen LogP contribution in [0.2, 0.25) is 0 Å². The molecule has 106 valence electrons. The lowest BCUT2D eigenvalue weighted by Crippen LogP contribution is -2.14. The molecular formula is C19H18O2. The molecule has 0 heterocycles. The molecule has 0 aliphatic heterocycles. The van der Waals surface area contributed by atoms with Crippen LogP contribution in [-0.2, 0) is 6.42 Å². The maximum absolute atomic E-state index is 12.6. The zero-order valence-electron chi connectivity index (χ0n) is 12.3. The van der Waals surface area contributed by atoms with E-state index in [1.807, 2.05) is 24.3 Å². The molecule has 0 aromatic heterocycles. The van der Waals surface area contributed by atoms with Gasteiger partial charge in [-0.3, -0.25) is 4.79 Å². The molecule has 2 aromatic carbocycles. The van der Waals surface area contributed by atoms with Crippen molar-refractivity contribution in [2.75, 3.05) is 7.11 Å². The molecule has 21 heavy (non-hydrogen) atoms. The fourth-order valence-corrected chi connectivity index (χ4v) is 2.67. The topological polar surface area (TPSA) is 26.3 Å². The Kier molecular flexibility index (Phi) is 3.61. The summed E-state index contributed by atoms with van der Waals surface area (Å²) in [6.07, 6.45) is 3.71. The van der Waals surface area contributed by atoms with Crippen LogP contribution in [0.5, 0.6) is 5.75 Å². The second-order valence-corrected chi connectivity index (χ2v) is 5.43. The van der Waals surface area contributed by atoms with Crippen molar-refractivity contribution in [3.8, 4) is 5.75 Å². The molecule has 0 atom stereocenters. The summed E-state index contributed by atoms with van der Waals surface area (Å²) in [7, 11) is 1.62. The number of rotatable bonds is 2. The minimum atomic E-state index is 0.121. The largest absolute Gasteiger partial charge is 0.497 e. The molecule has 0 unspecified atom stereocenters. The van der Waals surface area contributed by atoms with E-state index in [4.69, 9.17) is 4.74 Å². The van der Waals surface area contributed by atoms with Gasteiger partial charge in [0.2, 0.25) is 0 Å². The third kappa shape index (κ3) is 2.75. The monoisotopic (exact) mass is 278 g/mol. The maximum Gasteiger partial charge on any atom is 0.189 e. The zero-order valence-corrected chi connectivity index (χ0v) is 12.3. The Labute approximate surface area is 125 Å². The van der Waals surface area contributed by atoms with Crippen molar-refractivity contribution in [3.63, 3.8) is 0 Å².